The summed E-state index contributed by atoms with van der Waals surface area (Å²) in [4.78, 5) is 19.2. The van der Waals surface area contributed by atoms with Crippen LogP contribution in [0.4, 0.5) is 4.39 Å². The highest BCUT2D eigenvalue weighted by molar-refractivity contribution is 6.31. The summed E-state index contributed by atoms with van der Waals surface area (Å²) in [7, 11) is 1.54. The van der Waals surface area contributed by atoms with E-state index in [0.29, 0.717) is 24.2 Å². The van der Waals surface area contributed by atoms with Gasteiger partial charge in [0.25, 0.3) is 0 Å². The Morgan fingerprint density at radius 1 is 1.28 bits per heavy atom. The Morgan fingerprint density at radius 3 is 2.72 bits per heavy atom. The van der Waals surface area contributed by atoms with E-state index in [1.807, 2.05) is 37.1 Å². The van der Waals surface area contributed by atoms with Gasteiger partial charge in [0, 0.05) is 46.1 Å². The number of carboxylic acids is 1. The van der Waals surface area contributed by atoms with Gasteiger partial charge in [0.15, 0.2) is 0 Å². The summed E-state index contributed by atoms with van der Waals surface area (Å²) in [5.41, 5.74) is 5.18. The van der Waals surface area contributed by atoms with E-state index in [4.69, 9.17) is 16.3 Å². The van der Waals surface area contributed by atoms with Crippen LogP contribution < -0.4 is 4.74 Å². The number of H-pyrrole nitrogens is 1. The number of pyridine rings is 1. The van der Waals surface area contributed by atoms with Crippen molar-refractivity contribution in [3.05, 3.63) is 64.5 Å². The Bertz CT molecular complexity index is 1440. The number of benzene rings is 1. The molecule has 0 amide bonds. The first-order valence-corrected chi connectivity index (χ1v) is 12.4. The summed E-state index contributed by atoms with van der Waals surface area (Å²) >= 11 is 6.37. The van der Waals surface area contributed by atoms with Crippen LogP contribution in [0, 0.1) is 18.7 Å². The minimum Gasteiger partial charge on any atom is -0.496 e. The summed E-state index contributed by atoms with van der Waals surface area (Å²) in [6.45, 7) is 4.00. The molecule has 2 N–H and O–H groups in total. The van der Waals surface area contributed by atoms with Crippen LogP contribution >= 0.6 is 11.6 Å². The third kappa shape index (κ3) is 4.13. The predicted octanol–water partition coefficient (Wildman–Crippen LogP) is 6.50. The first-order valence-electron chi connectivity index (χ1n) is 12.1. The predicted molar refractivity (Wildman–Crippen MR) is 136 cm³/mol. The molecule has 9 heteroatoms. The topological polar surface area (TPSA) is 93.0 Å². The first-order chi connectivity index (χ1) is 17.3. The van der Waals surface area contributed by atoms with Crippen molar-refractivity contribution in [3.63, 3.8) is 0 Å². The molecule has 1 aliphatic rings. The zero-order valence-electron chi connectivity index (χ0n) is 20.4. The van der Waals surface area contributed by atoms with E-state index in [0.717, 1.165) is 46.3 Å². The number of aromatic amines is 1. The molecule has 0 saturated heterocycles. The smallest absolute Gasteiger partial charge is 0.306 e. The number of methoxy groups -OCH3 is 1. The van der Waals surface area contributed by atoms with Crippen LogP contribution in [0.1, 0.15) is 61.4 Å². The van der Waals surface area contributed by atoms with E-state index in [9.17, 15) is 14.3 Å². The van der Waals surface area contributed by atoms with Gasteiger partial charge in [-0.1, -0.05) is 18.5 Å². The number of hydrogen-bond donors (Lipinski definition) is 2. The lowest BCUT2D eigenvalue weighted by Crippen LogP contribution is -2.24. The van der Waals surface area contributed by atoms with E-state index >= 15 is 0 Å². The summed E-state index contributed by atoms with van der Waals surface area (Å²) in [6, 6.07) is 5.16. The molecule has 0 spiro atoms. The van der Waals surface area contributed by atoms with Gasteiger partial charge in [-0.05, 0) is 56.4 Å². The number of fused-ring (bicyclic) bond motifs is 1. The molecule has 7 nitrogen and oxygen atoms in total. The fourth-order valence-corrected chi connectivity index (χ4v) is 5.78. The molecule has 1 fully saturated rings. The number of nitrogens with zero attached hydrogens (tertiary/aromatic N) is 3. The number of hydrogen-bond acceptors (Lipinski definition) is 4. The fourth-order valence-electron chi connectivity index (χ4n) is 5.46. The molecule has 5 rings (SSSR count). The third-order valence-corrected chi connectivity index (χ3v) is 7.91. The second kappa shape index (κ2) is 9.58. The molecule has 1 aliphatic carbocycles. The monoisotopic (exact) mass is 510 g/mol. The Morgan fingerprint density at radius 2 is 2.03 bits per heavy atom. The molecule has 4 aromatic rings. The first kappa shape index (κ1) is 24.3. The van der Waals surface area contributed by atoms with Crippen LogP contribution in [0.2, 0.25) is 5.02 Å². The van der Waals surface area contributed by atoms with Crippen LogP contribution in [-0.4, -0.2) is 37.9 Å². The number of aromatic nitrogens is 4. The average molecular weight is 511 g/mol. The summed E-state index contributed by atoms with van der Waals surface area (Å²) in [5.74, 6) is -1.18. The molecule has 188 valence electrons. The molecular formula is C27H28ClFN4O3. The maximum atomic E-state index is 14.3. The quantitative estimate of drug-likeness (QED) is 0.308. The highest BCUT2D eigenvalue weighted by Gasteiger charge is 2.28. The number of carbonyl (C=O) groups is 1. The van der Waals surface area contributed by atoms with Crippen LogP contribution in [0.3, 0.4) is 0 Å². The van der Waals surface area contributed by atoms with Crippen LogP contribution in [0.15, 0.2) is 36.8 Å². The summed E-state index contributed by atoms with van der Waals surface area (Å²) in [5, 5.41) is 14.9. The van der Waals surface area contributed by atoms with Gasteiger partial charge < -0.3 is 14.8 Å². The average Bonchev–Trinajstić information content (AvgIpc) is 3.48. The Labute approximate surface area is 213 Å². The van der Waals surface area contributed by atoms with Crippen molar-refractivity contribution in [2.24, 2.45) is 5.92 Å². The number of aliphatic carboxylic acids is 1. The van der Waals surface area contributed by atoms with Gasteiger partial charge in [-0.25, -0.2) is 9.37 Å². The normalized spacial score (nSPS) is 18.9. The number of rotatable bonds is 6. The van der Waals surface area contributed by atoms with Crippen LogP contribution in [0.25, 0.3) is 22.2 Å². The second-order valence-electron chi connectivity index (χ2n) is 9.50. The van der Waals surface area contributed by atoms with E-state index in [2.05, 4.69) is 21.1 Å². The maximum absolute atomic E-state index is 14.3. The molecule has 1 unspecified atom stereocenters. The van der Waals surface area contributed by atoms with Gasteiger partial charge in [0.1, 0.15) is 17.2 Å². The van der Waals surface area contributed by atoms with Gasteiger partial charge in [-0.3, -0.25) is 9.48 Å². The molecule has 0 aliphatic heterocycles. The molecule has 0 bridgehead atoms. The number of nitrogens with one attached hydrogen (secondary N) is 1. The standard InChI is InChI=1S/C27H28ClFN4O3/c1-14(24-23(36-3)9-8-22(29)25(24)28)20-12-31-26-19(20)10-17(11-30-26)21-13-32-33(15(21)2)18-6-4-16(5-7-18)27(34)35/h8-14,16,18H,4-7H2,1-3H3,(H,30,31)(H,34,35). The van der Waals surface area contributed by atoms with Crippen molar-refractivity contribution in [3.8, 4) is 16.9 Å². The van der Waals surface area contributed by atoms with Crippen molar-refractivity contribution in [1.29, 1.82) is 0 Å². The number of ether oxygens (including phenoxy) is 1. The molecule has 3 aromatic heterocycles. The molecule has 0 radical (unpaired) electrons. The molecule has 1 atom stereocenters. The van der Waals surface area contributed by atoms with Gasteiger partial charge in [0.2, 0.25) is 0 Å². The van der Waals surface area contributed by atoms with Crippen LogP contribution in [-0.2, 0) is 4.79 Å². The lowest BCUT2D eigenvalue weighted by molar-refractivity contribution is -0.143. The van der Waals surface area contributed by atoms with Crippen molar-refractivity contribution >= 4 is 28.6 Å². The number of carboxylic acid groups (broad SMARTS) is 1. The highest BCUT2D eigenvalue weighted by Crippen LogP contribution is 2.41. The molecule has 36 heavy (non-hydrogen) atoms. The molecule has 1 saturated carbocycles. The Hall–Kier alpha value is -3.39. The van der Waals surface area contributed by atoms with Crippen molar-refractivity contribution in [2.45, 2.75) is 51.5 Å². The second-order valence-corrected chi connectivity index (χ2v) is 9.87. The molecule has 3 heterocycles. The van der Waals surface area contributed by atoms with Gasteiger partial charge in [0.05, 0.1) is 30.3 Å². The van der Waals surface area contributed by atoms with E-state index < -0.39 is 11.8 Å². The van der Waals surface area contributed by atoms with Gasteiger partial charge in [-0.15, -0.1) is 0 Å². The Kier molecular flexibility index (Phi) is 6.47. The minimum atomic E-state index is -0.709. The lowest BCUT2D eigenvalue weighted by atomic mass is 9.86. The Balaban J connectivity index is 1.49. The van der Waals surface area contributed by atoms with Crippen molar-refractivity contribution < 1.29 is 19.0 Å². The minimum absolute atomic E-state index is 0.0510. The van der Waals surface area contributed by atoms with E-state index in [-0.39, 0.29) is 22.9 Å². The van der Waals surface area contributed by atoms with Gasteiger partial charge >= 0.3 is 5.97 Å². The summed E-state index contributed by atoms with van der Waals surface area (Å²) in [6.07, 6.45) is 8.47. The molecular weight excluding hydrogens is 483 g/mol. The maximum Gasteiger partial charge on any atom is 0.306 e. The fraction of sp³-hybridized carbons (Fsp3) is 0.370. The number of halogens is 2. The molecule has 1 aromatic carbocycles. The van der Waals surface area contributed by atoms with Crippen molar-refractivity contribution in [2.75, 3.05) is 7.11 Å². The SMILES string of the molecule is COc1ccc(F)c(Cl)c1C(C)c1c[nH]c2ncc(-c3cnn(C4CCC(C(=O)O)CC4)c3C)cc12. The largest absolute Gasteiger partial charge is 0.496 e. The van der Waals surface area contributed by atoms with Crippen molar-refractivity contribution in [1.82, 2.24) is 19.7 Å². The highest BCUT2D eigenvalue weighted by atomic mass is 35.5. The van der Waals surface area contributed by atoms with Crippen LogP contribution in [0.5, 0.6) is 5.75 Å². The zero-order valence-corrected chi connectivity index (χ0v) is 21.1. The lowest BCUT2D eigenvalue weighted by Gasteiger charge is -2.27. The third-order valence-electron chi connectivity index (χ3n) is 7.52. The van der Waals surface area contributed by atoms with E-state index in [1.165, 1.54) is 6.07 Å². The zero-order chi connectivity index (χ0) is 25.6. The summed E-state index contributed by atoms with van der Waals surface area (Å²) < 4.78 is 21.8. The van der Waals surface area contributed by atoms with Gasteiger partial charge in [-0.2, -0.15) is 5.10 Å². The van der Waals surface area contributed by atoms with E-state index in [1.54, 1.807) is 13.2 Å².